The van der Waals surface area contributed by atoms with Crippen LogP contribution in [0.15, 0.2) is 36.7 Å². The van der Waals surface area contributed by atoms with Gasteiger partial charge in [-0.25, -0.2) is 13.2 Å². The second-order valence-corrected chi connectivity index (χ2v) is 6.93. The van der Waals surface area contributed by atoms with Crippen molar-refractivity contribution in [3.05, 3.63) is 59.7 Å². The van der Waals surface area contributed by atoms with Crippen LogP contribution in [0.2, 0.25) is 0 Å². The van der Waals surface area contributed by atoms with E-state index in [2.05, 4.69) is 9.88 Å². The molecule has 2 aliphatic rings. The molecule has 2 fully saturated rings. The van der Waals surface area contributed by atoms with E-state index in [9.17, 15) is 13.2 Å². The minimum Gasteiger partial charge on any atom is -0.379 e. The Labute approximate surface area is 150 Å². The fourth-order valence-electron chi connectivity index (χ4n) is 3.83. The van der Waals surface area contributed by atoms with Gasteiger partial charge in [-0.1, -0.05) is 12.1 Å². The lowest BCUT2D eigenvalue weighted by Gasteiger charge is -2.32. The molecule has 0 aliphatic carbocycles. The van der Waals surface area contributed by atoms with E-state index in [1.807, 2.05) is 4.90 Å². The summed E-state index contributed by atoms with van der Waals surface area (Å²) in [6.07, 6.45) is 2.79. The molecule has 0 N–H and O–H groups in total. The van der Waals surface area contributed by atoms with Crippen molar-refractivity contribution in [2.24, 2.45) is 5.92 Å². The Morgan fingerprint density at radius 3 is 2.77 bits per heavy atom. The number of nitrogens with zero attached hydrogens (tertiary/aromatic N) is 3. The molecule has 2 aromatic rings. The predicted octanol–water partition coefficient (Wildman–Crippen LogP) is 2.84. The summed E-state index contributed by atoms with van der Waals surface area (Å²) < 4.78 is 47.6. The number of aromatic nitrogens is 1. The van der Waals surface area contributed by atoms with Crippen molar-refractivity contribution >= 4 is 5.69 Å². The van der Waals surface area contributed by atoms with Crippen molar-refractivity contribution in [1.82, 2.24) is 9.88 Å². The molecule has 1 aromatic heterocycles. The molecular formula is C19H20F3N3O. The number of fused-ring (bicyclic) bond motifs is 3. The maximum Gasteiger partial charge on any atom is 0.164 e. The highest BCUT2D eigenvalue weighted by Crippen LogP contribution is 2.27. The Kier molecular flexibility index (Phi) is 4.82. The average molecular weight is 363 g/mol. The molecule has 0 saturated carbocycles. The van der Waals surface area contributed by atoms with Crippen LogP contribution in [0, 0.1) is 23.4 Å². The summed E-state index contributed by atoms with van der Waals surface area (Å²) in [6, 6.07) is 5.89. The summed E-state index contributed by atoms with van der Waals surface area (Å²) in [5, 5.41) is 0. The first kappa shape index (κ1) is 17.3. The summed E-state index contributed by atoms with van der Waals surface area (Å²) in [5.74, 6) is -1.83. The summed E-state index contributed by atoms with van der Waals surface area (Å²) in [5.41, 5.74) is 0.856. The summed E-state index contributed by atoms with van der Waals surface area (Å²) in [4.78, 5) is 7.94. The number of ether oxygens (including phenoxy) is 1. The Bertz CT molecular complexity index is 788. The Balaban J connectivity index is 1.59. The zero-order valence-electron chi connectivity index (χ0n) is 14.2. The van der Waals surface area contributed by atoms with Crippen molar-refractivity contribution in [1.29, 1.82) is 0 Å². The number of anilines is 1. The van der Waals surface area contributed by atoms with Crippen molar-refractivity contribution in [2.75, 3.05) is 37.7 Å². The number of hydrogen-bond acceptors (Lipinski definition) is 4. The van der Waals surface area contributed by atoms with Crippen LogP contribution >= 0.6 is 0 Å². The van der Waals surface area contributed by atoms with Gasteiger partial charge in [0.15, 0.2) is 17.5 Å². The van der Waals surface area contributed by atoms with Crippen molar-refractivity contribution in [3.63, 3.8) is 0 Å². The van der Waals surface area contributed by atoms with Gasteiger partial charge in [0, 0.05) is 43.9 Å². The second kappa shape index (κ2) is 7.25. The Hall–Kier alpha value is -2.12. The van der Waals surface area contributed by atoms with Gasteiger partial charge in [-0.3, -0.25) is 9.88 Å². The van der Waals surface area contributed by atoms with Crippen LogP contribution in [-0.2, 0) is 11.3 Å². The molecule has 0 amide bonds. The van der Waals surface area contributed by atoms with E-state index in [-0.39, 0.29) is 17.8 Å². The molecular weight excluding hydrogens is 343 g/mol. The average Bonchev–Trinajstić information content (AvgIpc) is 2.89. The Morgan fingerprint density at radius 2 is 1.92 bits per heavy atom. The van der Waals surface area contributed by atoms with Gasteiger partial charge in [0.1, 0.15) is 0 Å². The van der Waals surface area contributed by atoms with Crippen LogP contribution in [0.3, 0.4) is 0 Å². The molecule has 4 nitrogen and oxygen atoms in total. The van der Waals surface area contributed by atoms with Crippen LogP contribution in [-0.4, -0.2) is 48.8 Å². The lowest BCUT2D eigenvalue weighted by atomic mass is 10.1. The summed E-state index contributed by atoms with van der Waals surface area (Å²) in [6.45, 7) is 3.27. The number of hydrogen-bond donors (Lipinski definition) is 0. The second-order valence-electron chi connectivity index (χ2n) is 6.93. The maximum atomic E-state index is 14.2. The lowest BCUT2D eigenvalue weighted by molar-refractivity contribution is 0.0869. The van der Waals surface area contributed by atoms with Crippen molar-refractivity contribution in [3.8, 4) is 0 Å². The van der Waals surface area contributed by atoms with Gasteiger partial charge in [0.25, 0.3) is 0 Å². The maximum absolute atomic E-state index is 14.2. The molecule has 2 aliphatic heterocycles. The summed E-state index contributed by atoms with van der Waals surface area (Å²) in [7, 11) is 0. The van der Waals surface area contributed by atoms with E-state index in [1.54, 1.807) is 18.3 Å². The van der Waals surface area contributed by atoms with Gasteiger partial charge >= 0.3 is 0 Å². The highest BCUT2D eigenvalue weighted by Gasteiger charge is 2.34. The fourth-order valence-corrected chi connectivity index (χ4v) is 3.83. The van der Waals surface area contributed by atoms with Crippen LogP contribution in [0.1, 0.15) is 5.56 Å². The smallest absolute Gasteiger partial charge is 0.164 e. The molecule has 4 rings (SSSR count). The standard InChI is InChI=1S/C19H20F3N3O/c20-16-3-1-2-14(19(16)22)9-24-7-13-8-25(10-15(24)12-26-11-13)18-4-5-23-6-17(18)21/h1-6,13,15H,7-12H2/t13-,15+/m1/s1. The molecule has 0 unspecified atom stereocenters. The minimum atomic E-state index is -0.836. The first-order chi connectivity index (χ1) is 12.6. The third-order valence-electron chi connectivity index (χ3n) is 5.08. The van der Waals surface area contributed by atoms with E-state index in [1.165, 1.54) is 12.3 Å². The normalized spacial score (nSPS) is 23.7. The van der Waals surface area contributed by atoms with Crippen molar-refractivity contribution in [2.45, 2.75) is 12.6 Å². The van der Waals surface area contributed by atoms with Gasteiger partial charge in [-0.15, -0.1) is 0 Å². The molecule has 7 heteroatoms. The third kappa shape index (κ3) is 3.41. The Morgan fingerprint density at radius 1 is 1.04 bits per heavy atom. The predicted molar refractivity (Wildman–Crippen MR) is 91.3 cm³/mol. The van der Waals surface area contributed by atoms with Crippen LogP contribution in [0.5, 0.6) is 0 Å². The van der Waals surface area contributed by atoms with Gasteiger partial charge in [-0.2, -0.15) is 0 Å². The molecule has 2 saturated heterocycles. The van der Waals surface area contributed by atoms with E-state index in [0.29, 0.717) is 50.6 Å². The quantitative estimate of drug-likeness (QED) is 0.839. The minimum absolute atomic E-state index is 0.0299. The topological polar surface area (TPSA) is 28.6 Å². The molecule has 0 spiro atoms. The van der Waals surface area contributed by atoms with Gasteiger partial charge in [0.05, 0.1) is 31.1 Å². The highest BCUT2D eigenvalue weighted by molar-refractivity contribution is 5.47. The first-order valence-corrected chi connectivity index (χ1v) is 8.71. The van der Waals surface area contributed by atoms with Gasteiger partial charge < -0.3 is 9.64 Å². The lowest BCUT2D eigenvalue weighted by Crippen LogP contribution is -2.44. The summed E-state index contributed by atoms with van der Waals surface area (Å²) >= 11 is 0. The molecule has 0 radical (unpaired) electrons. The number of halogens is 3. The number of pyridine rings is 1. The van der Waals surface area contributed by atoms with Crippen LogP contribution in [0.4, 0.5) is 18.9 Å². The molecule has 1 aromatic carbocycles. The number of rotatable bonds is 3. The number of benzene rings is 1. The zero-order chi connectivity index (χ0) is 18.1. The SMILES string of the molecule is Fc1cnccc1N1C[C@@H]2COC[C@H](C1)N(Cc1cccc(F)c1F)C2. The third-order valence-corrected chi connectivity index (χ3v) is 5.08. The van der Waals surface area contributed by atoms with Crippen molar-refractivity contribution < 1.29 is 17.9 Å². The van der Waals surface area contributed by atoms with E-state index < -0.39 is 11.6 Å². The molecule has 26 heavy (non-hydrogen) atoms. The highest BCUT2D eigenvalue weighted by atomic mass is 19.2. The molecule has 2 atom stereocenters. The van der Waals surface area contributed by atoms with E-state index in [0.717, 1.165) is 6.07 Å². The van der Waals surface area contributed by atoms with Crippen LogP contribution < -0.4 is 4.90 Å². The monoisotopic (exact) mass is 363 g/mol. The van der Waals surface area contributed by atoms with Gasteiger partial charge in [0.2, 0.25) is 0 Å². The van der Waals surface area contributed by atoms with Gasteiger partial charge in [-0.05, 0) is 12.1 Å². The largest absolute Gasteiger partial charge is 0.379 e. The fraction of sp³-hybridized carbons (Fsp3) is 0.421. The molecule has 138 valence electrons. The van der Waals surface area contributed by atoms with Crippen LogP contribution in [0.25, 0.3) is 0 Å². The zero-order valence-corrected chi connectivity index (χ0v) is 14.2. The van der Waals surface area contributed by atoms with E-state index >= 15 is 0 Å². The molecule has 3 heterocycles. The molecule has 2 bridgehead atoms. The van der Waals surface area contributed by atoms with E-state index in [4.69, 9.17) is 4.74 Å². The first-order valence-electron chi connectivity index (χ1n) is 8.71.